The lowest BCUT2D eigenvalue weighted by Gasteiger charge is -2.21. The van der Waals surface area contributed by atoms with E-state index in [4.69, 9.17) is 37.0 Å². The Labute approximate surface area is 592 Å². The third-order valence-electron chi connectivity index (χ3n) is 17.7. The molecule has 0 aliphatic carbocycles. The SMILES string of the molecule is CCCCCC/C=C\C=C/CCCCCCCC(=O)OC[C@H](COP(=O)(O)OC[C@@H](O)COP(=O)(O)OC[C@@H](COC(=O)CCCCCCCCCCCC)OC(=O)CCCCCCCCCCCCCCC(C)C)OC(=O)CCCCCCCCCCCCCCCCCCC. The van der Waals surface area contributed by atoms with Gasteiger partial charge in [0.15, 0.2) is 12.2 Å². The molecule has 0 rings (SSSR count). The first-order chi connectivity index (χ1) is 47.0. The van der Waals surface area contributed by atoms with Gasteiger partial charge in [0.2, 0.25) is 0 Å². The van der Waals surface area contributed by atoms with E-state index in [0.29, 0.717) is 25.7 Å². The van der Waals surface area contributed by atoms with Crippen LogP contribution in [0.15, 0.2) is 24.3 Å². The largest absolute Gasteiger partial charge is 0.472 e. The van der Waals surface area contributed by atoms with Crippen molar-refractivity contribution in [3.8, 4) is 0 Å². The summed E-state index contributed by atoms with van der Waals surface area (Å²) in [7, 11) is -9.92. The molecule has 0 heterocycles. The van der Waals surface area contributed by atoms with Crippen LogP contribution in [-0.2, 0) is 65.4 Å². The first-order valence-corrected chi connectivity index (χ1v) is 42.9. The number of aliphatic hydroxyl groups excluding tert-OH is 1. The fourth-order valence-corrected chi connectivity index (χ4v) is 13.1. The summed E-state index contributed by atoms with van der Waals surface area (Å²) in [5.41, 5.74) is 0. The maximum Gasteiger partial charge on any atom is 0.472 e. The summed E-state index contributed by atoms with van der Waals surface area (Å²) in [6, 6.07) is 0. The number of allylic oxidation sites excluding steroid dienone is 4. The molecule has 572 valence electrons. The molecule has 0 aromatic heterocycles. The molecule has 0 aliphatic rings. The number of aliphatic hydroxyl groups is 1. The number of carbonyl (C=O) groups is 4. The Morgan fingerprint density at radius 1 is 0.320 bits per heavy atom. The second-order valence-electron chi connectivity index (χ2n) is 27.9. The lowest BCUT2D eigenvalue weighted by Crippen LogP contribution is -2.30. The number of hydrogen-bond donors (Lipinski definition) is 3. The minimum atomic E-state index is -4.97. The zero-order valence-electron chi connectivity index (χ0n) is 62.7. The summed E-state index contributed by atoms with van der Waals surface area (Å²) < 4.78 is 68.6. The summed E-state index contributed by atoms with van der Waals surface area (Å²) in [5, 5.41) is 10.6. The van der Waals surface area contributed by atoms with Crippen LogP contribution in [-0.4, -0.2) is 96.7 Å². The van der Waals surface area contributed by atoms with Crippen LogP contribution in [0.3, 0.4) is 0 Å². The third kappa shape index (κ3) is 71.7. The zero-order chi connectivity index (χ0) is 71.2. The molecular formula is C78H148O17P2. The van der Waals surface area contributed by atoms with Crippen molar-refractivity contribution in [1.29, 1.82) is 0 Å². The van der Waals surface area contributed by atoms with Crippen LogP contribution in [0.5, 0.6) is 0 Å². The van der Waals surface area contributed by atoms with E-state index in [2.05, 4.69) is 58.9 Å². The Kier molecular flexibility index (Phi) is 68.8. The molecule has 0 saturated carbocycles. The van der Waals surface area contributed by atoms with Crippen LogP contribution in [0.25, 0.3) is 0 Å². The normalized spacial score (nSPS) is 14.1. The van der Waals surface area contributed by atoms with E-state index in [1.165, 1.54) is 193 Å². The molecule has 0 aromatic carbocycles. The van der Waals surface area contributed by atoms with Gasteiger partial charge in [0.05, 0.1) is 26.4 Å². The topological polar surface area (TPSA) is 237 Å². The standard InChI is InChI=1S/C78H148O17P2/c1-6-9-12-15-18-21-24-26-28-29-31-33-38-43-48-53-58-63-77(82)95-74(68-89-76(81)62-57-52-47-42-37-32-30-27-25-22-19-16-13-10-7-2)70-93-97(86,87)91-66-72(79)65-90-96(84,85)92-69-73(67-88-75(80)61-56-51-46-41-23-20-17-14-11-8-3)94-78(83)64-59-54-49-44-39-35-34-36-40-45-50-55-60-71(4)5/h22,25,27,30,71-74,79H,6-21,23-24,26,28-29,31-70H2,1-5H3,(H,84,85)(H,86,87)/b25-22-,30-27-/t72-,73+,74+/m0/s1. The van der Waals surface area contributed by atoms with Gasteiger partial charge in [0, 0.05) is 25.7 Å². The van der Waals surface area contributed by atoms with E-state index < -0.39 is 97.5 Å². The molecule has 0 bridgehead atoms. The molecule has 0 spiro atoms. The molecular weight excluding hydrogens is 1270 g/mol. The fourth-order valence-electron chi connectivity index (χ4n) is 11.5. The van der Waals surface area contributed by atoms with Crippen LogP contribution in [0.2, 0.25) is 0 Å². The number of phosphoric ester groups is 2. The van der Waals surface area contributed by atoms with Crippen molar-refractivity contribution < 1.29 is 80.2 Å². The van der Waals surface area contributed by atoms with Gasteiger partial charge in [-0.05, 0) is 57.3 Å². The van der Waals surface area contributed by atoms with Crippen molar-refractivity contribution in [3.05, 3.63) is 24.3 Å². The second kappa shape index (κ2) is 70.6. The highest BCUT2D eigenvalue weighted by molar-refractivity contribution is 7.47. The van der Waals surface area contributed by atoms with Gasteiger partial charge in [0.1, 0.15) is 19.3 Å². The number of esters is 4. The molecule has 2 unspecified atom stereocenters. The Balaban J connectivity index is 5.28. The van der Waals surface area contributed by atoms with Crippen molar-refractivity contribution >= 4 is 39.5 Å². The number of unbranched alkanes of at least 4 members (excludes halogenated alkanes) is 45. The van der Waals surface area contributed by atoms with Gasteiger partial charge < -0.3 is 33.8 Å². The summed E-state index contributed by atoms with van der Waals surface area (Å²) >= 11 is 0. The lowest BCUT2D eigenvalue weighted by molar-refractivity contribution is -0.161. The molecule has 0 radical (unpaired) electrons. The second-order valence-corrected chi connectivity index (χ2v) is 30.8. The van der Waals surface area contributed by atoms with E-state index >= 15 is 0 Å². The molecule has 3 N–H and O–H groups in total. The monoisotopic (exact) mass is 1420 g/mol. The molecule has 17 nitrogen and oxygen atoms in total. The number of ether oxygens (including phenoxy) is 4. The lowest BCUT2D eigenvalue weighted by atomic mass is 10.0. The Bertz CT molecular complexity index is 1950. The van der Waals surface area contributed by atoms with Crippen molar-refractivity contribution in [1.82, 2.24) is 0 Å². The smallest absolute Gasteiger partial charge is 0.462 e. The molecule has 0 saturated heterocycles. The van der Waals surface area contributed by atoms with Crippen molar-refractivity contribution in [2.24, 2.45) is 5.92 Å². The van der Waals surface area contributed by atoms with Gasteiger partial charge in [0.25, 0.3) is 0 Å². The fraction of sp³-hybridized carbons (Fsp3) is 0.897. The highest BCUT2D eigenvalue weighted by Crippen LogP contribution is 2.45. The molecule has 19 heteroatoms. The maximum atomic E-state index is 13.1. The van der Waals surface area contributed by atoms with Gasteiger partial charge in [-0.3, -0.25) is 37.3 Å². The predicted octanol–water partition coefficient (Wildman–Crippen LogP) is 22.8. The van der Waals surface area contributed by atoms with Gasteiger partial charge in [-0.15, -0.1) is 0 Å². The van der Waals surface area contributed by atoms with Gasteiger partial charge in [-0.1, -0.05) is 335 Å². The Morgan fingerprint density at radius 2 is 0.557 bits per heavy atom. The van der Waals surface area contributed by atoms with Crippen LogP contribution < -0.4 is 0 Å². The average molecular weight is 1420 g/mol. The van der Waals surface area contributed by atoms with Crippen molar-refractivity contribution in [2.45, 2.75) is 406 Å². The van der Waals surface area contributed by atoms with Crippen LogP contribution >= 0.6 is 15.6 Å². The van der Waals surface area contributed by atoms with Crippen molar-refractivity contribution in [3.63, 3.8) is 0 Å². The first kappa shape index (κ1) is 94.5. The zero-order valence-corrected chi connectivity index (χ0v) is 64.5. The predicted molar refractivity (Wildman–Crippen MR) is 395 cm³/mol. The number of phosphoric acid groups is 2. The van der Waals surface area contributed by atoms with Crippen LogP contribution in [0, 0.1) is 5.92 Å². The molecule has 0 aromatic rings. The highest BCUT2D eigenvalue weighted by Gasteiger charge is 2.30. The minimum absolute atomic E-state index is 0.102. The number of rotatable bonds is 76. The van der Waals surface area contributed by atoms with E-state index in [0.717, 1.165) is 115 Å². The van der Waals surface area contributed by atoms with E-state index in [-0.39, 0.29) is 25.7 Å². The third-order valence-corrected chi connectivity index (χ3v) is 19.6. The molecule has 0 aliphatic heterocycles. The van der Waals surface area contributed by atoms with E-state index in [1.807, 2.05) is 0 Å². The molecule has 5 atom stereocenters. The first-order valence-electron chi connectivity index (χ1n) is 40.0. The summed E-state index contributed by atoms with van der Waals surface area (Å²) in [4.78, 5) is 72.9. The van der Waals surface area contributed by atoms with Crippen LogP contribution in [0.1, 0.15) is 388 Å². The van der Waals surface area contributed by atoms with E-state index in [1.54, 1.807) is 0 Å². The van der Waals surface area contributed by atoms with Gasteiger partial charge in [-0.25, -0.2) is 9.13 Å². The molecule has 97 heavy (non-hydrogen) atoms. The van der Waals surface area contributed by atoms with Crippen LogP contribution in [0.4, 0.5) is 0 Å². The highest BCUT2D eigenvalue weighted by atomic mass is 31.2. The van der Waals surface area contributed by atoms with E-state index in [9.17, 15) is 43.2 Å². The summed E-state index contributed by atoms with van der Waals surface area (Å²) in [6.45, 7) is 7.24. The summed E-state index contributed by atoms with van der Waals surface area (Å²) in [6.07, 6.45) is 63.1. The average Bonchev–Trinajstić information content (AvgIpc) is 1.10. The van der Waals surface area contributed by atoms with Gasteiger partial charge in [-0.2, -0.15) is 0 Å². The van der Waals surface area contributed by atoms with Gasteiger partial charge >= 0.3 is 39.5 Å². The Hall–Kier alpha value is -2.46. The molecule has 0 amide bonds. The number of hydrogen-bond acceptors (Lipinski definition) is 15. The summed E-state index contributed by atoms with van der Waals surface area (Å²) in [5.74, 6) is -1.37. The number of carbonyl (C=O) groups excluding carboxylic acids is 4. The Morgan fingerprint density at radius 3 is 0.845 bits per heavy atom. The van der Waals surface area contributed by atoms with Crippen molar-refractivity contribution in [2.75, 3.05) is 39.6 Å². The molecule has 0 fully saturated rings. The minimum Gasteiger partial charge on any atom is -0.462 e. The maximum absolute atomic E-state index is 13.1. The quantitative estimate of drug-likeness (QED) is 0.0169.